The van der Waals surface area contributed by atoms with Gasteiger partial charge in [0.15, 0.2) is 6.61 Å². The fourth-order valence-corrected chi connectivity index (χ4v) is 9.33. The van der Waals surface area contributed by atoms with Crippen molar-refractivity contribution < 1.29 is 23.9 Å². The zero-order valence-corrected chi connectivity index (χ0v) is 22.2. The lowest BCUT2D eigenvalue weighted by atomic mass is 9.49. The lowest BCUT2D eigenvalue weighted by molar-refractivity contribution is -0.153. The van der Waals surface area contributed by atoms with Gasteiger partial charge in [-0.05, 0) is 74.3 Å². The van der Waals surface area contributed by atoms with Crippen LogP contribution in [0, 0.1) is 17.3 Å². The van der Waals surface area contributed by atoms with Crippen LogP contribution in [0.4, 0.5) is 5.69 Å². The molecular formula is C27H30BrNO5S. The van der Waals surface area contributed by atoms with Gasteiger partial charge in [0.1, 0.15) is 4.88 Å². The van der Waals surface area contributed by atoms with E-state index in [1.54, 1.807) is 13.0 Å². The molecule has 6 rings (SSSR count). The second kappa shape index (κ2) is 9.69. The highest BCUT2D eigenvalue weighted by Gasteiger charge is 2.57. The van der Waals surface area contributed by atoms with Gasteiger partial charge >= 0.3 is 11.9 Å². The van der Waals surface area contributed by atoms with Crippen molar-refractivity contribution in [2.45, 2.75) is 56.2 Å². The topological polar surface area (TPSA) is 81.7 Å². The summed E-state index contributed by atoms with van der Waals surface area (Å²) in [5.41, 5.74) is 1.31. The van der Waals surface area contributed by atoms with Crippen LogP contribution in [-0.2, 0) is 19.1 Å². The van der Waals surface area contributed by atoms with Crippen LogP contribution in [0.5, 0.6) is 0 Å². The van der Waals surface area contributed by atoms with Gasteiger partial charge in [-0.15, -0.1) is 11.3 Å². The van der Waals surface area contributed by atoms with Gasteiger partial charge in [0.25, 0.3) is 5.91 Å². The Bertz CT molecular complexity index is 1120. The Hall–Kier alpha value is -2.19. The zero-order valence-electron chi connectivity index (χ0n) is 19.8. The van der Waals surface area contributed by atoms with Crippen molar-refractivity contribution in [1.29, 1.82) is 0 Å². The number of rotatable bonds is 8. The Morgan fingerprint density at radius 1 is 1.09 bits per heavy atom. The fourth-order valence-electron chi connectivity index (χ4n) is 6.81. The molecule has 4 saturated carbocycles. The third kappa shape index (κ3) is 5.33. The number of nitrogens with one attached hydrogen (secondary N) is 1. The van der Waals surface area contributed by atoms with Crippen LogP contribution in [0.1, 0.15) is 61.5 Å². The third-order valence-corrected chi connectivity index (χ3v) is 9.61. The van der Waals surface area contributed by atoms with E-state index in [9.17, 15) is 14.4 Å². The first-order valence-corrected chi connectivity index (χ1v) is 13.9. The van der Waals surface area contributed by atoms with Gasteiger partial charge in [0.2, 0.25) is 0 Å². The highest BCUT2D eigenvalue weighted by atomic mass is 79.9. The number of halogens is 1. The normalized spacial score (nSPS) is 28.5. The van der Waals surface area contributed by atoms with Crippen LogP contribution in [0.15, 0.2) is 36.4 Å². The molecule has 0 aliphatic heterocycles. The maximum Gasteiger partial charge on any atom is 0.350 e. The summed E-state index contributed by atoms with van der Waals surface area (Å²) in [6.45, 7) is 1.60. The van der Waals surface area contributed by atoms with Gasteiger partial charge < -0.3 is 14.8 Å². The predicted octanol–water partition coefficient (Wildman–Crippen LogP) is 6.20. The largest absolute Gasteiger partial charge is 0.462 e. The second-order valence-corrected chi connectivity index (χ2v) is 13.2. The van der Waals surface area contributed by atoms with E-state index < -0.39 is 11.9 Å². The predicted molar refractivity (Wildman–Crippen MR) is 139 cm³/mol. The molecule has 1 aromatic heterocycles. The molecule has 0 unspecified atom stereocenters. The first kappa shape index (κ1) is 24.5. The lowest BCUT2D eigenvalue weighted by Gasteiger charge is -2.60. The molecule has 186 valence electrons. The molecule has 2 atom stereocenters. The molecule has 4 aliphatic rings. The summed E-state index contributed by atoms with van der Waals surface area (Å²) in [5, 5.41) is 2.75. The minimum Gasteiger partial charge on any atom is -0.462 e. The molecule has 1 amide bonds. The van der Waals surface area contributed by atoms with Crippen molar-refractivity contribution in [2.75, 3.05) is 18.5 Å². The van der Waals surface area contributed by atoms with Crippen LogP contribution in [0.2, 0.25) is 0 Å². The monoisotopic (exact) mass is 559 g/mol. The van der Waals surface area contributed by atoms with Crippen molar-refractivity contribution >= 4 is 50.8 Å². The Morgan fingerprint density at radius 3 is 2.46 bits per heavy atom. The van der Waals surface area contributed by atoms with Gasteiger partial charge in [0, 0.05) is 9.20 Å². The van der Waals surface area contributed by atoms with Crippen LogP contribution in [-0.4, -0.2) is 35.4 Å². The highest BCUT2D eigenvalue weighted by molar-refractivity contribution is 9.10. The average Bonchev–Trinajstić information content (AvgIpc) is 3.20. The number of alkyl halides is 1. The number of anilines is 1. The smallest absolute Gasteiger partial charge is 0.350 e. The van der Waals surface area contributed by atoms with Crippen LogP contribution >= 0.6 is 27.3 Å². The number of carbonyl (C=O) groups is 3. The molecular weight excluding hydrogens is 530 g/mol. The maximum atomic E-state index is 12.7. The van der Waals surface area contributed by atoms with E-state index in [1.165, 1.54) is 30.6 Å². The van der Waals surface area contributed by atoms with Crippen molar-refractivity contribution in [2.24, 2.45) is 17.3 Å². The summed E-state index contributed by atoms with van der Waals surface area (Å²) in [7, 11) is 0. The fraction of sp³-hybridized carbons (Fsp3) is 0.519. The van der Waals surface area contributed by atoms with E-state index in [0.29, 0.717) is 28.8 Å². The number of hydrogen-bond acceptors (Lipinski definition) is 6. The van der Waals surface area contributed by atoms with E-state index in [1.807, 2.05) is 30.3 Å². The van der Waals surface area contributed by atoms with E-state index in [4.69, 9.17) is 9.47 Å². The van der Waals surface area contributed by atoms with Gasteiger partial charge in [0.05, 0.1) is 18.7 Å². The summed E-state index contributed by atoms with van der Waals surface area (Å²) in [4.78, 5) is 39.1. The molecule has 6 nitrogen and oxygen atoms in total. The molecule has 0 saturated heterocycles. The molecule has 1 aromatic carbocycles. The minimum atomic E-state index is -0.488. The minimum absolute atomic E-state index is 0.00380. The van der Waals surface area contributed by atoms with Crippen LogP contribution in [0.3, 0.4) is 0 Å². The molecule has 4 aliphatic carbocycles. The highest BCUT2D eigenvalue weighted by Crippen LogP contribution is 2.65. The molecule has 4 bridgehead atoms. The SMILES string of the molecule is CCOC(=O)c1sc(-c2ccccc2)cc1NC(=O)COC(=O)CC12C[C@@H]3C[C@H](CC(Br)(C3)C1)C2. The van der Waals surface area contributed by atoms with E-state index in [0.717, 1.165) is 29.7 Å². The molecule has 4 fully saturated rings. The average molecular weight is 561 g/mol. The zero-order chi connectivity index (χ0) is 24.6. The first-order chi connectivity index (χ1) is 16.8. The third-order valence-electron chi connectivity index (χ3n) is 7.52. The quantitative estimate of drug-likeness (QED) is 0.307. The first-order valence-electron chi connectivity index (χ1n) is 12.3. The molecule has 1 N–H and O–H groups in total. The Morgan fingerprint density at radius 2 is 1.80 bits per heavy atom. The van der Waals surface area contributed by atoms with Crippen molar-refractivity contribution in [3.05, 3.63) is 41.3 Å². The summed E-state index contributed by atoms with van der Waals surface area (Å²) in [6, 6.07) is 11.4. The van der Waals surface area contributed by atoms with Crippen molar-refractivity contribution in [1.82, 2.24) is 0 Å². The van der Waals surface area contributed by atoms with E-state index in [-0.39, 0.29) is 28.9 Å². The number of benzene rings is 1. The number of carbonyl (C=O) groups excluding carboxylic acids is 3. The van der Waals surface area contributed by atoms with Crippen molar-refractivity contribution in [3.8, 4) is 10.4 Å². The summed E-state index contributed by atoms with van der Waals surface area (Å²) >= 11 is 5.24. The van der Waals surface area contributed by atoms with Gasteiger partial charge in [-0.3, -0.25) is 9.59 Å². The van der Waals surface area contributed by atoms with Gasteiger partial charge in [-0.25, -0.2) is 4.79 Å². The summed E-state index contributed by atoms with van der Waals surface area (Å²) in [6.07, 6.45) is 7.23. The number of thiophene rings is 1. The summed E-state index contributed by atoms with van der Waals surface area (Å²) < 4.78 is 10.8. The number of hydrogen-bond donors (Lipinski definition) is 1. The maximum absolute atomic E-state index is 12.7. The molecule has 35 heavy (non-hydrogen) atoms. The molecule has 8 heteroatoms. The Kier molecular flexibility index (Phi) is 6.79. The van der Waals surface area contributed by atoms with Gasteiger partial charge in [-0.2, -0.15) is 0 Å². The molecule has 0 spiro atoms. The van der Waals surface area contributed by atoms with E-state index in [2.05, 4.69) is 21.2 Å². The second-order valence-electron chi connectivity index (χ2n) is 10.4. The Balaban J connectivity index is 1.21. The standard InChI is InChI=1S/C27H30BrNO5S/c1-2-33-25(32)24-20(9-21(35-24)19-6-4-3-5-7-19)29-22(30)15-34-23(31)14-26-10-17-8-18(11-26)13-27(28,12-17)16-26/h3-7,9,17-18H,2,8,10-16H2,1H3,(H,29,30)/t17-,18-,26?,27?/m0/s1. The molecule has 2 aromatic rings. The summed E-state index contributed by atoms with van der Waals surface area (Å²) in [5.74, 6) is 0.0937. The lowest BCUT2D eigenvalue weighted by Crippen LogP contribution is -2.53. The number of amides is 1. The van der Waals surface area contributed by atoms with E-state index >= 15 is 0 Å². The van der Waals surface area contributed by atoms with Gasteiger partial charge in [-0.1, -0.05) is 46.3 Å². The Labute approximate surface area is 217 Å². The van der Waals surface area contributed by atoms with Crippen LogP contribution < -0.4 is 5.32 Å². The number of ether oxygens (including phenoxy) is 2. The van der Waals surface area contributed by atoms with Crippen LogP contribution in [0.25, 0.3) is 10.4 Å². The number of esters is 2. The molecule has 0 radical (unpaired) electrons. The molecule has 1 heterocycles. The van der Waals surface area contributed by atoms with Crippen molar-refractivity contribution in [3.63, 3.8) is 0 Å².